The number of nitrogens with zero attached hydrogens (tertiary/aromatic N) is 2. The minimum atomic E-state index is 0. The van der Waals surface area contributed by atoms with Crippen LogP contribution in [-0.4, -0.2) is 74.2 Å². The summed E-state index contributed by atoms with van der Waals surface area (Å²) in [6.07, 6.45) is 2.76. The fourth-order valence-corrected chi connectivity index (χ4v) is 2.63. The van der Waals surface area contributed by atoms with Crippen LogP contribution in [-0.2, 0) is 9.53 Å². The van der Waals surface area contributed by atoms with Crippen molar-refractivity contribution < 1.29 is 9.53 Å². The third kappa shape index (κ3) is 4.76. The van der Waals surface area contributed by atoms with E-state index >= 15 is 0 Å². The van der Waals surface area contributed by atoms with Crippen molar-refractivity contribution in [3.05, 3.63) is 12.7 Å². The molecule has 1 amide bonds. The van der Waals surface area contributed by atoms with Gasteiger partial charge in [0, 0.05) is 45.3 Å². The third-order valence-corrected chi connectivity index (χ3v) is 3.65. The smallest absolute Gasteiger partial charge is 0.248 e. The van der Waals surface area contributed by atoms with Gasteiger partial charge in [-0.2, -0.15) is 0 Å². The van der Waals surface area contributed by atoms with Gasteiger partial charge < -0.3 is 15.0 Å². The van der Waals surface area contributed by atoms with Crippen LogP contribution in [0.15, 0.2) is 12.7 Å². The van der Waals surface area contributed by atoms with Crippen molar-refractivity contribution in [1.82, 2.24) is 15.1 Å². The summed E-state index contributed by atoms with van der Waals surface area (Å²) >= 11 is 0. The highest BCUT2D eigenvalue weighted by Gasteiger charge is 2.30. The van der Waals surface area contributed by atoms with Crippen LogP contribution >= 0.6 is 12.4 Å². The van der Waals surface area contributed by atoms with E-state index in [4.69, 9.17) is 4.74 Å². The van der Waals surface area contributed by atoms with Gasteiger partial charge in [-0.3, -0.25) is 9.69 Å². The van der Waals surface area contributed by atoms with Crippen molar-refractivity contribution in [3.63, 3.8) is 0 Å². The molecule has 2 heterocycles. The topological polar surface area (TPSA) is 44.8 Å². The van der Waals surface area contributed by atoms with Gasteiger partial charge in [0.2, 0.25) is 5.91 Å². The molecule has 2 aliphatic rings. The molecular weight excluding hydrogens is 266 g/mol. The summed E-state index contributed by atoms with van der Waals surface area (Å²) in [6.45, 7) is 10.2. The quantitative estimate of drug-likeness (QED) is 0.577. The highest BCUT2D eigenvalue weighted by Crippen LogP contribution is 2.16. The summed E-state index contributed by atoms with van der Waals surface area (Å²) in [6, 6.07) is 0.537. The predicted molar refractivity (Wildman–Crippen MR) is 77.7 cm³/mol. The number of hydrogen-bond acceptors (Lipinski definition) is 4. The van der Waals surface area contributed by atoms with E-state index in [1.54, 1.807) is 6.08 Å². The molecule has 6 heteroatoms. The highest BCUT2D eigenvalue weighted by molar-refractivity contribution is 5.85. The van der Waals surface area contributed by atoms with E-state index < -0.39 is 0 Å². The normalized spacial score (nSPS) is 24.0. The molecule has 2 aliphatic heterocycles. The molecule has 110 valence electrons. The second-order valence-corrected chi connectivity index (χ2v) is 4.87. The zero-order chi connectivity index (χ0) is 12.8. The number of halogens is 1. The first-order valence-electron chi connectivity index (χ1n) is 6.72. The molecular formula is C13H24ClN3O2. The zero-order valence-corrected chi connectivity index (χ0v) is 12.2. The van der Waals surface area contributed by atoms with Gasteiger partial charge in [0.25, 0.3) is 0 Å². The van der Waals surface area contributed by atoms with Crippen molar-refractivity contribution in [1.29, 1.82) is 0 Å². The molecule has 0 aromatic carbocycles. The Balaban J connectivity index is 0.00000180. The van der Waals surface area contributed by atoms with Crippen molar-refractivity contribution in [2.45, 2.75) is 12.5 Å². The maximum Gasteiger partial charge on any atom is 0.248 e. The van der Waals surface area contributed by atoms with Crippen LogP contribution in [0.4, 0.5) is 0 Å². The standard InChI is InChI=1S/C13H23N3O2.ClH/c1-2-9-18-11-13(17)16-6-3-12(10-16)15-7-4-14-5-8-15;/h2,12,14H,1,3-11H2;1H. The molecule has 2 fully saturated rings. The second kappa shape index (κ2) is 8.53. The summed E-state index contributed by atoms with van der Waals surface area (Å²) in [5.41, 5.74) is 0. The van der Waals surface area contributed by atoms with E-state index in [2.05, 4.69) is 16.8 Å². The molecule has 0 aromatic heterocycles. The van der Waals surface area contributed by atoms with Gasteiger partial charge in [-0.25, -0.2) is 0 Å². The number of amides is 1. The lowest BCUT2D eigenvalue weighted by atomic mass is 10.2. The largest absolute Gasteiger partial charge is 0.368 e. The summed E-state index contributed by atoms with van der Waals surface area (Å²) in [5, 5.41) is 3.35. The third-order valence-electron chi connectivity index (χ3n) is 3.65. The van der Waals surface area contributed by atoms with Crippen molar-refractivity contribution >= 4 is 18.3 Å². The van der Waals surface area contributed by atoms with Crippen LogP contribution in [0.2, 0.25) is 0 Å². The fraction of sp³-hybridized carbons (Fsp3) is 0.769. The molecule has 1 N–H and O–H groups in total. The van der Waals surface area contributed by atoms with E-state index in [9.17, 15) is 4.79 Å². The maximum atomic E-state index is 11.9. The number of nitrogens with one attached hydrogen (secondary N) is 1. The molecule has 0 radical (unpaired) electrons. The Morgan fingerprint density at radius 2 is 2.11 bits per heavy atom. The Morgan fingerprint density at radius 1 is 1.37 bits per heavy atom. The average molecular weight is 290 g/mol. The molecule has 2 saturated heterocycles. The molecule has 0 aliphatic carbocycles. The van der Waals surface area contributed by atoms with E-state index in [1.807, 2.05) is 4.90 Å². The monoisotopic (exact) mass is 289 g/mol. The number of carbonyl (C=O) groups is 1. The van der Waals surface area contributed by atoms with Gasteiger partial charge in [0.05, 0.1) is 6.61 Å². The number of carbonyl (C=O) groups excluding carboxylic acids is 1. The van der Waals surface area contributed by atoms with Gasteiger partial charge in [-0.15, -0.1) is 19.0 Å². The van der Waals surface area contributed by atoms with Crippen molar-refractivity contribution in [2.24, 2.45) is 0 Å². The second-order valence-electron chi connectivity index (χ2n) is 4.87. The van der Waals surface area contributed by atoms with E-state index in [1.165, 1.54) is 0 Å². The Morgan fingerprint density at radius 3 is 2.79 bits per heavy atom. The van der Waals surface area contributed by atoms with E-state index in [0.717, 1.165) is 45.7 Å². The first-order chi connectivity index (χ1) is 8.81. The first kappa shape index (κ1) is 16.4. The minimum Gasteiger partial charge on any atom is -0.368 e. The lowest BCUT2D eigenvalue weighted by Gasteiger charge is -2.32. The van der Waals surface area contributed by atoms with Crippen LogP contribution in [0.1, 0.15) is 6.42 Å². The summed E-state index contributed by atoms with van der Waals surface area (Å²) in [5.74, 6) is 0.106. The molecule has 0 bridgehead atoms. The molecule has 2 rings (SSSR count). The molecule has 19 heavy (non-hydrogen) atoms. The van der Waals surface area contributed by atoms with Crippen LogP contribution in [0.25, 0.3) is 0 Å². The number of piperazine rings is 1. The van der Waals surface area contributed by atoms with Crippen LogP contribution in [0.5, 0.6) is 0 Å². The molecule has 5 nitrogen and oxygen atoms in total. The van der Waals surface area contributed by atoms with Gasteiger partial charge in [-0.1, -0.05) is 6.08 Å². The van der Waals surface area contributed by atoms with Crippen molar-refractivity contribution in [2.75, 3.05) is 52.5 Å². The Hall–Kier alpha value is -0.620. The molecule has 1 unspecified atom stereocenters. The number of ether oxygens (including phenoxy) is 1. The van der Waals surface area contributed by atoms with Crippen LogP contribution in [0, 0.1) is 0 Å². The molecule has 1 atom stereocenters. The summed E-state index contributed by atoms with van der Waals surface area (Å²) < 4.78 is 5.20. The Labute approximate surface area is 121 Å². The van der Waals surface area contributed by atoms with Gasteiger partial charge in [-0.05, 0) is 6.42 Å². The SMILES string of the molecule is C=CCOCC(=O)N1CCC(N2CCNCC2)C1.Cl. The molecule has 0 saturated carbocycles. The average Bonchev–Trinajstić information content (AvgIpc) is 2.89. The minimum absolute atomic E-state index is 0. The maximum absolute atomic E-state index is 11.9. The highest BCUT2D eigenvalue weighted by atomic mass is 35.5. The zero-order valence-electron chi connectivity index (χ0n) is 11.3. The van der Waals surface area contributed by atoms with Gasteiger partial charge >= 0.3 is 0 Å². The lowest BCUT2D eigenvalue weighted by molar-refractivity contribution is -0.134. The first-order valence-corrected chi connectivity index (χ1v) is 6.72. The predicted octanol–water partition coefficient (Wildman–Crippen LogP) is 0.117. The van der Waals surface area contributed by atoms with Crippen LogP contribution < -0.4 is 5.32 Å². The number of likely N-dealkylation sites (tertiary alicyclic amines) is 1. The van der Waals surface area contributed by atoms with Crippen LogP contribution in [0.3, 0.4) is 0 Å². The van der Waals surface area contributed by atoms with Crippen molar-refractivity contribution in [3.8, 4) is 0 Å². The fourth-order valence-electron chi connectivity index (χ4n) is 2.63. The summed E-state index contributed by atoms with van der Waals surface area (Å²) in [4.78, 5) is 16.3. The summed E-state index contributed by atoms with van der Waals surface area (Å²) in [7, 11) is 0. The Bertz CT molecular complexity index is 296. The molecule has 0 spiro atoms. The van der Waals surface area contributed by atoms with Gasteiger partial charge in [0.15, 0.2) is 0 Å². The Kier molecular flexibility index (Phi) is 7.38. The number of hydrogen-bond donors (Lipinski definition) is 1. The van der Waals surface area contributed by atoms with E-state index in [0.29, 0.717) is 12.6 Å². The number of rotatable bonds is 5. The lowest BCUT2D eigenvalue weighted by Crippen LogP contribution is -2.49. The van der Waals surface area contributed by atoms with Gasteiger partial charge in [0.1, 0.15) is 6.61 Å². The molecule has 0 aromatic rings. The van der Waals surface area contributed by atoms with E-state index in [-0.39, 0.29) is 24.9 Å².